The van der Waals surface area contributed by atoms with Gasteiger partial charge in [0.05, 0.1) is 4.91 Å². The molecule has 1 aliphatic heterocycles. The number of carbonyl (C=O) groups excluding carboxylic acids is 2. The van der Waals surface area contributed by atoms with Crippen molar-refractivity contribution in [3.05, 3.63) is 75.8 Å². The number of nitrogens with one attached hydrogen (secondary N) is 2. The molecule has 6 heteroatoms. The summed E-state index contributed by atoms with van der Waals surface area (Å²) in [7, 11) is 0. The zero-order chi connectivity index (χ0) is 17.4. The predicted molar refractivity (Wildman–Crippen MR) is 102 cm³/mol. The van der Waals surface area contributed by atoms with Gasteiger partial charge in [0.15, 0.2) is 0 Å². The molecule has 3 aromatic rings. The van der Waals surface area contributed by atoms with Crippen LogP contribution in [0.5, 0.6) is 0 Å². The van der Waals surface area contributed by atoms with Crippen molar-refractivity contribution in [1.82, 2.24) is 10.3 Å². The minimum Gasteiger partial charge on any atom is -0.361 e. The Morgan fingerprint density at radius 2 is 1.84 bits per heavy atom. The normalized spacial score (nSPS) is 16.4. The molecule has 0 atom stereocenters. The summed E-state index contributed by atoms with van der Waals surface area (Å²) in [4.78, 5) is 27.6. The van der Waals surface area contributed by atoms with E-state index in [1.54, 1.807) is 0 Å². The second-order valence-corrected chi connectivity index (χ2v) is 7.12. The number of imide groups is 1. The number of aromatic nitrogens is 1. The van der Waals surface area contributed by atoms with Crippen molar-refractivity contribution >= 4 is 51.0 Å². The van der Waals surface area contributed by atoms with Gasteiger partial charge in [0.2, 0.25) is 0 Å². The van der Waals surface area contributed by atoms with E-state index in [0.717, 1.165) is 39.4 Å². The molecule has 25 heavy (non-hydrogen) atoms. The second-order valence-electron chi connectivity index (χ2n) is 5.70. The zero-order valence-corrected chi connectivity index (χ0v) is 14.6. The van der Waals surface area contributed by atoms with Crippen LogP contribution in [-0.2, 0) is 11.2 Å². The Balaban J connectivity index is 1.89. The van der Waals surface area contributed by atoms with Gasteiger partial charge in [-0.3, -0.25) is 14.9 Å². The molecule has 0 bridgehead atoms. The fourth-order valence-electron chi connectivity index (χ4n) is 2.97. The first-order valence-electron chi connectivity index (χ1n) is 7.69. The van der Waals surface area contributed by atoms with Crippen molar-refractivity contribution in [2.45, 2.75) is 6.42 Å². The lowest BCUT2D eigenvalue weighted by atomic mass is 9.95. The molecule has 0 unspecified atom stereocenters. The highest BCUT2D eigenvalue weighted by Gasteiger charge is 2.29. The predicted octanol–water partition coefficient (Wildman–Crippen LogP) is 4.76. The highest BCUT2D eigenvalue weighted by atomic mass is 35.5. The summed E-state index contributed by atoms with van der Waals surface area (Å²) in [6, 6.07) is 15.4. The van der Waals surface area contributed by atoms with Gasteiger partial charge in [0.1, 0.15) is 0 Å². The lowest BCUT2D eigenvalue weighted by Crippen LogP contribution is -2.18. The lowest BCUT2D eigenvalue weighted by molar-refractivity contribution is -0.115. The molecular weight excluding hydrogens is 356 g/mol. The molecule has 1 saturated heterocycles. The number of H-pyrrole nitrogens is 1. The number of halogens is 1. The van der Waals surface area contributed by atoms with Crippen molar-refractivity contribution in [3.63, 3.8) is 0 Å². The van der Waals surface area contributed by atoms with Gasteiger partial charge in [0, 0.05) is 22.1 Å². The van der Waals surface area contributed by atoms with Crippen LogP contribution in [0.1, 0.15) is 11.1 Å². The van der Waals surface area contributed by atoms with Crippen molar-refractivity contribution in [3.8, 4) is 0 Å². The summed E-state index contributed by atoms with van der Waals surface area (Å²) in [6.45, 7) is 0. The molecule has 4 rings (SSSR count). The van der Waals surface area contributed by atoms with E-state index >= 15 is 0 Å². The Hall–Kier alpha value is -2.50. The molecule has 0 aliphatic carbocycles. The smallest absolute Gasteiger partial charge is 0.290 e. The Morgan fingerprint density at radius 3 is 2.56 bits per heavy atom. The van der Waals surface area contributed by atoms with E-state index in [-0.39, 0.29) is 11.1 Å². The van der Waals surface area contributed by atoms with Crippen LogP contribution in [0.2, 0.25) is 5.02 Å². The van der Waals surface area contributed by atoms with E-state index in [1.165, 1.54) is 0 Å². The van der Waals surface area contributed by atoms with Crippen molar-refractivity contribution in [2.75, 3.05) is 0 Å². The van der Waals surface area contributed by atoms with Crippen LogP contribution >= 0.6 is 23.4 Å². The molecule has 2 heterocycles. The van der Waals surface area contributed by atoms with Crippen LogP contribution in [0.3, 0.4) is 0 Å². The number of benzene rings is 2. The molecule has 0 spiro atoms. The minimum atomic E-state index is -0.341. The van der Waals surface area contributed by atoms with E-state index in [9.17, 15) is 9.59 Å². The first-order valence-corrected chi connectivity index (χ1v) is 8.88. The van der Waals surface area contributed by atoms with Gasteiger partial charge in [-0.15, -0.1) is 0 Å². The Kier molecular flexibility index (Phi) is 4.11. The van der Waals surface area contributed by atoms with Gasteiger partial charge >= 0.3 is 0 Å². The summed E-state index contributed by atoms with van der Waals surface area (Å²) in [5.41, 5.74) is 3.79. The van der Waals surface area contributed by atoms with E-state index in [4.69, 9.17) is 11.6 Å². The molecule has 1 fully saturated rings. The van der Waals surface area contributed by atoms with Crippen LogP contribution in [0.4, 0.5) is 4.79 Å². The number of fused-ring (bicyclic) bond motifs is 1. The van der Waals surface area contributed by atoms with Gasteiger partial charge in [-0.05, 0) is 59.1 Å². The third-order valence-corrected chi connectivity index (χ3v) is 5.28. The molecule has 2 aromatic carbocycles. The highest BCUT2D eigenvalue weighted by molar-refractivity contribution is 8.18. The molecule has 2 N–H and O–H groups in total. The zero-order valence-electron chi connectivity index (χ0n) is 13.0. The average Bonchev–Trinajstić information content (AvgIpc) is 3.20. The molecular formula is C19H13ClN2O2S. The summed E-state index contributed by atoms with van der Waals surface area (Å²) in [6.07, 6.45) is 2.40. The van der Waals surface area contributed by atoms with Gasteiger partial charge in [-0.25, -0.2) is 0 Å². The van der Waals surface area contributed by atoms with Gasteiger partial charge < -0.3 is 4.98 Å². The average molecular weight is 369 g/mol. The molecule has 0 saturated carbocycles. The molecule has 1 aliphatic rings. The molecule has 2 amide bonds. The standard InChI is InChI=1S/C19H13ClN2O2S/c20-12-6-4-11(5-7-12)10-15(17-18(23)22-19(24)25-17)13-2-1-3-16-14(13)8-9-21-16/h1-9,21H,10H2,(H,22,23,24). The fourth-order valence-corrected chi connectivity index (χ4v) is 3.87. The van der Waals surface area contributed by atoms with Gasteiger partial charge in [-0.2, -0.15) is 0 Å². The summed E-state index contributed by atoms with van der Waals surface area (Å²) in [5, 5.41) is 3.70. The third-order valence-electron chi connectivity index (χ3n) is 4.10. The number of hydrogen-bond acceptors (Lipinski definition) is 3. The minimum absolute atomic E-state index is 0.338. The Labute approximate surface area is 153 Å². The lowest BCUT2D eigenvalue weighted by Gasteiger charge is -2.12. The van der Waals surface area contributed by atoms with Crippen LogP contribution in [-0.4, -0.2) is 16.1 Å². The number of hydrogen-bond donors (Lipinski definition) is 2. The maximum Gasteiger partial charge on any atom is 0.290 e. The number of allylic oxidation sites excluding steroid dienone is 1. The topological polar surface area (TPSA) is 62.0 Å². The Morgan fingerprint density at radius 1 is 1.04 bits per heavy atom. The van der Waals surface area contributed by atoms with E-state index in [2.05, 4.69) is 10.3 Å². The van der Waals surface area contributed by atoms with Crippen LogP contribution < -0.4 is 5.32 Å². The first-order chi connectivity index (χ1) is 12.1. The summed E-state index contributed by atoms with van der Waals surface area (Å²) < 4.78 is 0. The van der Waals surface area contributed by atoms with Crippen molar-refractivity contribution < 1.29 is 9.59 Å². The number of amides is 2. The van der Waals surface area contributed by atoms with Gasteiger partial charge in [-0.1, -0.05) is 35.9 Å². The van der Waals surface area contributed by atoms with Crippen LogP contribution in [0.25, 0.3) is 16.5 Å². The monoisotopic (exact) mass is 368 g/mol. The second kappa shape index (κ2) is 6.43. The summed E-state index contributed by atoms with van der Waals surface area (Å²) in [5.74, 6) is -0.341. The SMILES string of the molecule is O=C1NC(=O)C(=C(Cc2ccc(Cl)cc2)c2cccc3[nH]ccc23)S1. The third kappa shape index (κ3) is 3.08. The quantitative estimate of drug-likeness (QED) is 0.655. The maximum atomic E-state index is 12.3. The van der Waals surface area contributed by atoms with E-state index < -0.39 is 0 Å². The van der Waals surface area contributed by atoms with Crippen LogP contribution in [0, 0.1) is 0 Å². The molecule has 1 aromatic heterocycles. The van der Waals surface area contributed by atoms with Crippen LogP contribution in [0.15, 0.2) is 59.6 Å². The molecule has 0 radical (unpaired) electrons. The largest absolute Gasteiger partial charge is 0.361 e. The van der Waals surface area contributed by atoms with Crippen molar-refractivity contribution in [2.24, 2.45) is 0 Å². The number of rotatable bonds is 3. The molecule has 4 nitrogen and oxygen atoms in total. The van der Waals surface area contributed by atoms with Gasteiger partial charge in [0.25, 0.3) is 11.1 Å². The summed E-state index contributed by atoms with van der Waals surface area (Å²) >= 11 is 6.92. The van der Waals surface area contributed by atoms with E-state index in [0.29, 0.717) is 16.3 Å². The number of aromatic amines is 1. The fraction of sp³-hybridized carbons (Fsp3) is 0.0526. The number of carbonyl (C=O) groups is 2. The van der Waals surface area contributed by atoms with E-state index in [1.807, 2.05) is 54.7 Å². The van der Waals surface area contributed by atoms with Crippen molar-refractivity contribution in [1.29, 1.82) is 0 Å². The number of thioether (sulfide) groups is 1. The molecule has 124 valence electrons. The highest BCUT2D eigenvalue weighted by Crippen LogP contribution is 2.36. The maximum absolute atomic E-state index is 12.3. The first kappa shape index (κ1) is 16.0. The Bertz CT molecular complexity index is 1020.